The Hall–Kier alpha value is -3.12. The highest BCUT2D eigenvalue weighted by atomic mass is 16.5. The van der Waals surface area contributed by atoms with E-state index < -0.39 is 17.7 Å². The molecule has 0 spiro atoms. The third-order valence-corrected chi connectivity index (χ3v) is 5.45. The van der Waals surface area contributed by atoms with E-state index in [1.54, 1.807) is 32.4 Å². The van der Waals surface area contributed by atoms with Crippen LogP contribution < -0.4 is 4.74 Å². The maximum Gasteiger partial charge on any atom is 0.295 e. The van der Waals surface area contributed by atoms with E-state index >= 15 is 0 Å². The van der Waals surface area contributed by atoms with E-state index in [9.17, 15) is 14.7 Å². The van der Waals surface area contributed by atoms with Gasteiger partial charge in [-0.1, -0.05) is 31.2 Å². The highest BCUT2D eigenvalue weighted by Crippen LogP contribution is 2.39. The van der Waals surface area contributed by atoms with Crippen LogP contribution in [0.5, 0.6) is 5.75 Å². The summed E-state index contributed by atoms with van der Waals surface area (Å²) in [5, 5.41) is 11.1. The van der Waals surface area contributed by atoms with E-state index in [1.807, 2.05) is 31.2 Å². The third kappa shape index (κ3) is 3.96. The summed E-state index contributed by atoms with van der Waals surface area (Å²) in [5.74, 6) is -0.840. The van der Waals surface area contributed by atoms with E-state index in [-0.39, 0.29) is 24.5 Å². The molecule has 1 aliphatic rings. The van der Waals surface area contributed by atoms with Crippen LogP contribution in [0.4, 0.5) is 0 Å². The zero-order valence-electron chi connectivity index (χ0n) is 17.8. The summed E-state index contributed by atoms with van der Waals surface area (Å²) in [6.45, 7) is 4.46. The number of likely N-dealkylation sites (tertiary alicyclic amines) is 1. The van der Waals surface area contributed by atoms with E-state index in [0.29, 0.717) is 11.3 Å². The van der Waals surface area contributed by atoms with E-state index in [0.717, 1.165) is 23.1 Å². The number of nitrogens with zero attached hydrogens (tertiary/aromatic N) is 1. The van der Waals surface area contributed by atoms with Gasteiger partial charge in [0.05, 0.1) is 25.3 Å². The lowest BCUT2D eigenvalue weighted by Crippen LogP contribution is -2.32. The molecule has 0 bridgehead atoms. The Bertz CT molecular complexity index is 978. The van der Waals surface area contributed by atoms with Gasteiger partial charge in [-0.15, -0.1) is 0 Å². The zero-order chi connectivity index (χ0) is 21.8. The van der Waals surface area contributed by atoms with Gasteiger partial charge >= 0.3 is 0 Å². The van der Waals surface area contributed by atoms with Crippen molar-refractivity contribution in [2.45, 2.75) is 26.3 Å². The van der Waals surface area contributed by atoms with Crippen molar-refractivity contribution in [1.29, 1.82) is 0 Å². The molecule has 1 fully saturated rings. The average Bonchev–Trinajstić information content (AvgIpc) is 3.01. The molecule has 2 aromatic rings. The van der Waals surface area contributed by atoms with Crippen molar-refractivity contribution >= 4 is 17.4 Å². The van der Waals surface area contributed by atoms with Crippen molar-refractivity contribution < 1.29 is 24.2 Å². The number of amides is 1. The molecule has 2 aromatic carbocycles. The fourth-order valence-electron chi connectivity index (χ4n) is 3.76. The Labute approximate surface area is 176 Å². The van der Waals surface area contributed by atoms with Crippen LogP contribution in [0.15, 0.2) is 48.0 Å². The van der Waals surface area contributed by atoms with Crippen LogP contribution in [0.3, 0.4) is 0 Å². The van der Waals surface area contributed by atoms with Gasteiger partial charge in [0.2, 0.25) is 0 Å². The molecular weight excluding hydrogens is 382 g/mol. The lowest BCUT2D eigenvalue weighted by molar-refractivity contribution is -0.140. The van der Waals surface area contributed by atoms with Crippen LogP contribution in [-0.4, -0.2) is 49.1 Å². The predicted octanol–water partition coefficient (Wildman–Crippen LogP) is 3.63. The second kappa shape index (κ2) is 9.13. The summed E-state index contributed by atoms with van der Waals surface area (Å²) >= 11 is 0. The van der Waals surface area contributed by atoms with Crippen molar-refractivity contribution in [3.05, 3.63) is 70.3 Å². The summed E-state index contributed by atoms with van der Waals surface area (Å²) in [6.07, 6.45) is 0.884. The predicted molar refractivity (Wildman–Crippen MR) is 114 cm³/mol. The number of benzene rings is 2. The lowest BCUT2D eigenvalue weighted by Gasteiger charge is -2.25. The summed E-state index contributed by atoms with van der Waals surface area (Å²) in [4.78, 5) is 27.2. The number of hydrogen-bond acceptors (Lipinski definition) is 5. The number of aliphatic hydroxyl groups is 1. The molecule has 30 heavy (non-hydrogen) atoms. The molecular formula is C24H27NO5. The Kier molecular flexibility index (Phi) is 6.57. The van der Waals surface area contributed by atoms with Crippen LogP contribution in [0.2, 0.25) is 0 Å². The molecule has 0 saturated carbocycles. The van der Waals surface area contributed by atoms with Crippen LogP contribution in [0, 0.1) is 6.92 Å². The minimum absolute atomic E-state index is 0.0879. The van der Waals surface area contributed by atoms with Gasteiger partial charge in [0.1, 0.15) is 11.5 Å². The summed E-state index contributed by atoms with van der Waals surface area (Å²) in [6, 6.07) is 12.2. The van der Waals surface area contributed by atoms with E-state index in [2.05, 4.69) is 6.92 Å². The molecule has 1 aliphatic heterocycles. The summed E-state index contributed by atoms with van der Waals surface area (Å²) in [7, 11) is 3.12. The minimum atomic E-state index is -0.693. The van der Waals surface area contributed by atoms with Crippen LogP contribution in [0.1, 0.15) is 35.2 Å². The largest absolute Gasteiger partial charge is 0.507 e. The molecule has 6 nitrogen and oxygen atoms in total. The SMILES string of the molecule is CCc1ccc([C@H]2C(=C(O)c3ccc(OC)c(C)c3)C(=O)C(=O)N2CCOC)cc1. The molecule has 0 unspecified atom stereocenters. The van der Waals surface area contributed by atoms with Gasteiger partial charge in [-0.2, -0.15) is 0 Å². The normalized spacial score (nSPS) is 18.1. The molecule has 1 saturated heterocycles. The third-order valence-electron chi connectivity index (χ3n) is 5.45. The van der Waals surface area contributed by atoms with Gasteiger partial charge in [-0.3, -0.25) is 9.59 Å². The monoisotopic (exact) mass is 409 g/mol. The Morgan fingerprint density at radius 3 is 2.37 bits per heavy atom. The van der Waals surface area contributed by atoms with Crippen LogP contribution in [0.25, 0.3) is 5.76 Å². The molecule has 0 aliphatic carbocycles. The highest BCUT2D eigenvalue weighted by molar-refractivity contribution is 6.46. The number of ketones is 1. The second-order valence-corrected chi connectivity index (χ2v) is 7.26. The standard InChI is InChI=1S/C24H27NO5/c1-5-16-6-8-17(9-7-16)21-20(23(27)24(28)25(21)12-13-29-3)22(26)18-10-11-19(30-4)15(2)14-18/h6-11,14,21,26H,5,12-13H2,1-4H3/t21-/m0/s1. The molecule has 1 N–H and O–H groups in total. The molecule has 158 valence electrons. The topological polar surface area (TPSA) is 76.1 Å². The van der Waals surface area contributed by atoms with Gasteiger partial charge in [-0.25, -0.2) is 0 Å². The van der Waals surface area contributed by atoms with Crippen molar-refractivity contribution in [3.63, 3.8) is 0 Å². The second-order valence-electron chi connectivity index (χ2n) is 7.26. The maximum absolute atomic E-state index is 12.9. The Morgan fingerprint density at radius 1 is 1.10 bits per heavy atom. The fourth-order valence-corrected chi connectivity index (χ4v) is 3.76. The Morgan fingerprint density at radius 2 is 1.80 bits per heavy atom. The number of aryl methyl sites for hydroxylation is 2. The number of Topliss-reactive ketones (excluding diaryl/α,β-unsaturated/α-hetero) is 1. The molecule has 3 rings (SSSR count). The lowest BCUT2D eigenvalue weighted by atomic mass is 9.94. The van der Waals surface area contributed by atoms with Gasteiger partial charge in [0.15, 0.2) is 0 Å². The first-order valence-corrected chi connectivity index (χ1v) is 9.94. The van der Waals surface area contributed by atoms with Gasteiger partial charge in [0, 0.05) is 19.2 Å². The first-order valence-electron chi connectivity index (χ1n) is 9.94. The minimum Gasteiger partial charge on any atom is -0.507 e. The average molecular weight is 409 g/mol. The number of carbonyl (C=O) groups is 2. The molecule has 0 radical (unpaired) electrons. The number of aliphatic hydroxyl groups excluding tert-OH is 1. The van der Waals surface area contributed by atoms with E-state index in [4.69, 9.17) is 9.47 Å². The first-order chi connectivity index (χ1) is 14.4. The number of carbonyl (C=O) groups excluding carboxylic acids is 2. The van der Waals surface area contributed by atoms with Gasteiger partial charge < -0.3 is 19.5 Å². The summed E-state index contributed by atoms with van der Waals surface area (Å²) < 4.78 is 10.4. The van der Waals surface area contributed by atoms with E-state index in [1.165, 1.54) is 4.90 Å². The maximum atomic E-state index is 12.9. The molecule has 1 atom stereocenters. The molecule has 1 amide bonds. The van der Waals surface area contributed by atoms with Crippen LogP contribution in [-0.2, 0) is 20.7 Å². The summed E-state index contributed by atoms with van der Waals surface area (Å²) in [5.41, 5.74) is 3.30. The highest BCUT2D eigenvalue weighted by Gasteiger charge is 2.45. The Balaban J connectivity index is 2.14. The smallest absolute Gasteiger partial charge is 0.295 e. The number of rotatable bonds is 7. The number of hydrogen-bond donors (Lipinski definition) is 1. The van der Waals surface area contributed by atoms with Crippen LogP contribution >= 0.6 is 0 Å². The quantitative estimate of drug-likeness (QED) is 0.429. The van der Waals surface area contributed by atoms with Crippen molar-refractivity contribution in [1.82, 2.24) is 4.90 Å². The zero-order valence-corrected chi connectivity index (χ0v) is 17.8. The van der Waals surface area contributed by atoms with Gasteiger partial charge in [0.25, 0.3) is 11.7 Å². The van der Waals surface area contributed by atoms with Crippen molar-refractivity contribution in [2.75, 3.05) is 27.4 Å². The van der Waals surface area contributed by atoms with Crippen molar-refractivity contribution in [2.24, 2.45) is 0 Å². The molecule has 0 aromatic heterocycles. The number of methoxy groups -OCH3 is 2. The van der Waals surface area contributed by atoms with Gasteiger partial charge in [-0.05, 0) is 48.2 Å². The van der Waals surface area contributed by atoms with Crippen molar-refractivity contribution in [3.8, 4) is 5.75 Å². The first kappa shape index (κ1) is 21.6. The molecule has 6 heteroatoms. The fraction of sp³-hybridized carbons (Fsp3) is 0.333. The number of ether oxygens (including phenoxy) is 2. The molecule has 1 heterocycles.